The lowest BCUT2D eigenvalue weighted by molar-refractivity contribution is 0.398. The van der Waals surface area contributed by atoms with Crippen molar-refractivity contribution in [1.29, 1.82) is 0 Å². The number of aromatic nitrogens is 6. The lowest BCUT2D eigenvalue weighted by atomic mass is 9.70. The maximum absolute atomic E-state index is 5.52. The van der Waals surface area contributed by atoms with Gasteiger partial charge in [-0.3, -0.25) is 4.98 Å². The van der Waals surface area contributed by atoms with Crippen LogP contribution in [0.3, 0.4) is 0 Å². The Morgan fingerprint density at radius 1 is 0.321 bits per heavy atom. The molecule has 0 N–H and O–H groups in total. The van der Waals surface area contributed by atoms with E-state index in [9.17, 15) is 0 Å². The van der Waals surface area contributed by atoms with Gasteiger partial charge >= 0.3 is 0 Å². The van der Waals surface area contributed by atoms with Crippen molar-refractivity contribution >= 4 is 21.8 Å². The average Bonchev–Trinajstić information content (AvgIpc) is 3.91. The van der Waals surface area contributed by atoms with E-state index >= 15 is 0 Å². The molecule has 11 aromatic rings. The molecule has 0 radical (unpaired) electrons. The van der Waals surface area contributed by atoms with Gasteiger partial charge in [0, 0.05) is 50.2 Å². The van der Waals surface area contributed by atoms with Gasteiger partial charge in [0.15, 0.2) is 11.6 Å². The van der Waals surface area contributed by atoms with E-state index in [0.717, 1.165) is 90.8 Å². The van der Waals surface area contributed by atoms with Gasteiger partial charge < -0.3 is 0 Å². The monoisotopic (exact) mass is 1060 g/mol. The predicted molar refractivity (Wildman–Crippen MR) is 338 cm³/mol. The molecule has 402 valence electrons. The largest absolute Gasteiger partial charge is 0.254 e. The second-order valence-electron chi connectivity index (χ2n) is 22.7. The Bertz CT molecular complexity index is 3980. The molecule has 4 aromatic heterocycles. The molecule has 0 saturated carbocycles. The molecule has 12 rings (SSSR count). The molecule has 0 aliphatic heterocycles. The van der Waals surface area contributed by atoms with Crippen molar-refractivity contribution in [3.8, 4) is 90.2 Å². The molecule has 7 aromatic carbocycles. The highest BCUT2D eigenvalue weighted by Gasteiger charge is 2.42. The number of aryl methyl sites for hydroxylation is 2. The normalized spacial score (nSPS) is 12.5. The van der Waals surface area contributed by atoms with E-state index in [1.165, 1.54) is 116 Å². The summed E-state index contributed by atoms with van der Waals surface area (Å²) < 4.78 is 0. The molecule has 4 heterocycles. The molecule has 0 fully saturated rings. The molecule has 6 heteroatoms. The van der Waals surface area contributed by atoms with Crippen molar-refractivity contribution in [3.05, 3.63) is 217 Å². The topological polar surface area (TPSA) is 77.3 Å². The Morgan fingerprint density at radius 2 is 0.815 bits per heavy atom. The molecule has 1 aliphatic carbocycles. The van der Waals surface area contributed by atoms with Crippen LogP contribution < -0.4 is 0 Å². The first-order valence-corrected chi connectivity index (χ1v) is 29.9. The molecule has 1 aliphatic rings. The smallest absolute Gasteiger partial charge is 0.179 e. The van der Waals surface area contributed by atoms with Crippen LogP contribution in [0.1, 0.15) is 126 Å². The van der Waals surface area contributed by atoms with Crippen LogP contribution in [0.25, 0.3) is 112 Å². The molecule has 81 heavy (non-hydrogen) atoms. The van der Waals surface area contributed by atoms with Crippen molar-refractivity contribution in [2.75, 3.05) is 0 Å². The van der Waals surface area contributed by atoms with Gasteiger partial charge in [0.25, 0.3) is 0 Å². The number of unbranched alkanes of at least 4 members (excludes halogenated alkanes) is 10. The Hall–Kier alpha value is -8.48. The zero-order valence-corrected chi connectivity index (χ0v) is 47.6. The van der Waals surface area contributed by atoms with E-state index in [-0.39, 0.29) is 5.41 Å². The van der Waals surface area contributed by atoms with Crippen molar-refractivity contribution in [2.24, 2.45) is 0 Å². The second-order valence-corrected chi connectivity index (χ2v) is 22.7. The third-order valence-corrected chi connectivity index (χ3v) is 16.9. The number of hydrogen-bond acceptors (Lipinski definition) is 6. The summed E-state index contributed by atoms with van der Waals surface area (Å²) in [5.41, 5.74) is 21.3. The van der Waals surface area contributed by atoms with Crippen LogP contribution >= 0.6 is 0 Å². The van der Waals surface area contributed by atoms with Crippen molar-refractivity contribution in [3.63, 3.8) is 0 Å². The van der Waals surface area contributed by atoms with Gasteiger partial charge in [-0.1, -0.05) is 254 Å². The third-order valence-electron chi connectivity index (χ3n) is 16.9. The van der Waals surface area contributed by atoms with Gasteiger partial charge in [-0.25, -0.2) is 24.9 Å². The van der Waals surface area contributed by atoms with Gasteiger partial charge in [0.1, 0.15) is 5.69 Å². The first-order valence-electron chi connectivity index (χ1n) is 29.9. The van der Waals surface area contributed by atoms with E-state index < -0.39 is 0 Å². The van der Waals surface area contributed by atoms with Gasteiger partial charge in [-0.15, -0.1) is 0 Å². The number of benzene rings is 7. The van der Waals surface area contributed by atoms with E-state index in [1.807, 2.05) is 30.5 Å². The van der Waals surface area contributed by atoms with E-state index in [1.54, 1.807) is 0 Å². The van der Waals surface area contributed by atoms with Crippen molar-refractivity contribution in [2.45, 2.75) is 123 Å². The standard InChI is InChI=1S/C75H72N6/c1-5-7-9-11-13-18-43-75(44-19-14-12-10-8-6-2)64-46-52(4)29-40-62(64)63-41-38-61(48-65(63)75)70-50-69(80-74(81-70)66-42-39-57-37-36-56-26-21-45-76-71(56)72(57)77-66)60-25-20-24-59(47-60)68-49-67(78-73(79-68)58-22-16-15-17-23-58)55-34-32-54(33-35-55)53-30-27-51(3)28-31-53/h15-17,20-42,45-50H,5-14,18-19,43-44H2,1-4H3. The summed E-state index contributed by atoms with van der Waals surface area (Å²) in [6.07, 6.45) is 19.5. The van der Waals surface area contributed by atoms with E-state index in [2.05, 4.69) is 191 Å². The molecular formula is C75H72N6. The van der Waals surface area contributed by atoms with Crippen LogP contribution in [0.15, 0.2) is 194 Å². The van der Waals surface area contributed by atoms with E-state index in [0.29, 0.717) is 17.3 Å². The van der Waals surface area contributed by atoms with E-state index in [4.69, 9.17) is 29.9 Å². The fraction of sp³-hybridized carbons (Fsp3) is 0.253. The van der Waals surface area contributed by atoms with Crippen LogP contribution in [0, 0.1) is 13.8 Å². The maximum Gasteiger partial charge on any atom is 0.179 e. The predicted octanol–water partition coefficient (Wildman–Crippen LogP) is 20.4. The SMILES string of the molecule is CCCCCCCCC1(CCCCCCCC)c2cc(C)ccc2-c2ccc(-c3cc(-c4cccc(-c5cc(-c6ccc(-c7ccc(C)cc7)cc6)nc(-c6ccccc6)n5)c4)nc(-c4ccc5ccc6cccnc6c5n4)n3)cc21. The fourth-order valence-electron chi connectivity index (χ4n) is 12.4. The van der Waals surface area contributed by atoms with Gasteiger partial charge in [0.05, 0.1) is 33.8 Å². The number of fused-ring (bicyclic) bond motifs is 6. The summed E-state index contributed by atoms with van der Waals surface area (Å²) >= 11 is 0. The van der Waals surface area contributed by atoms with Gasteiger partial charge in [-0.2, -0.15) is 0 Å². The number of nitrogens with zero attached hydrogens (tertiary/aromatic N) is 6. The van der Waals surface area contributed by atoms with Gasteiger partial charge in [0.2, 0.25) is 0 Å². The Labute approximate surface area is 478 Å². The van der Waals surface area contributed by atoms with Crippen LogP contribution in [-0.4, -0.2) is 29.9 Å². The number of hydrogen-bond donors (Lipinski definition) is 0. The Morgan fingerprint density at radius 3 is 1.47 bits per heavy atom. The van der Waals surface area contributed by atoms with Crippen molar-refractivity contribution in [1.82, 2.24) is 29.9 Å². The molecule has 0 unspecified atom stereocenters. The molecule has 0 amide bonds. The lowest BCUT2D eigenvalue weighted by Gasteiger charge is -2.33. The minimum Gasteiger partial charge on any atom is -0.254 e. The molecule has 0 atom stereocenters. The number of pyridine rings is 2. The average molecular weight is 1060 g/mol. The van der Waals surface area contributed by atoms with Gasteiger partial charge in [-0.05, 0) is 96.5 Å². The fourth-order valence-corrected chi connectivity index (χ4v) is 12.4. The molecular weight excluding hydrogens is 985 g/mol. The minimum absolute atomic E-state index is 0.0820. The van der Waals surface area contributed by atoms with Crippen molar-refractivity contribution < 1.29 is 0 Å². The Balaban J connectivity index is 0.985. The highest BCUT2D eigenvalue weighted by atomic mass is 14.9. The summed E-state index contributed by atoms with van der Waals surface area (Å²) in [5, 5.41) is 2.07. The summed E-state index contributed by atoms with van der Waals surface area (Å²) in [5.74, 6) is 1.24. The highest BCUT2D eigenvalue weighted by molar-refractivity contribution is 6.03. The summed E-state index contributed by atoms with van der Waals surface area (Å²) in [6, 6.07) is 67.5. The summed E-state index contributed by atoms with van der Waals surface area (Å²) in [6.45, 7) is 9.01. The summed E-state index contributed by atoms with van der Waals surface area (Å²) in [7, 11) is 0. The van der Waals surface area contributed by atoms with Crippen LogP contribution in [0.2, 0.25) is 0 Å². The molecule has 6 nitrogen and oxygen atoms in total. The van der Waals surface area contributed by atoms with Crippen LogP contribution in [0.4, 0.5) is 0 Å². The quantitative estimate of drug-likeness (QED) is 0.0527. The zero-order chi connectivity index (χ0) is 55.1. The Kier molecular flexibility index (Phi) is 15.8. The van der Waals surface area contributed by atoms with Crippen LogP contribution in [-0.2, 0) is 5.41 Å². The maximum atomic E-state index is 5.52. The minimum atomic E-state index is -0.0820. The first-order chi connectivity index (χ1) is 39.8. The lowest BCUT2D eigenvalue weighted by Crippen LogP contribution is -2.25. The molecule has 0 bridgehead atoms. The highest BCUT2D eigenvalue weighted by Crippen LogP contribution is 2.55. The first kappa shape index (κ1) is 53.2. The second kappa shape index (κ2) is 24.1. The number of rotatable bonds is 21. The van der Waals surface area contributed by atoms with Crippen LogP contribution in [0.5, 0.6) is 0 Å². The molecule has 0 spiro atoms. The molecule has 0 saturated heterocycles. The third kappa shape index (κ3) is 11.3. The zero-order valence-electron chi connectivity index (χ0n) is 47.6. The summed E-state index contributed by atoms with van der Waals surface area (Å²) in [4.78, 5) is 31.6.